The van der Waals surface area contributed by atoms with Gasteiger partial charge in [0, 0.05) is 5.92 Å². The summed E-state index contributed by atoms with van der Waals surface area (Å²) in [5.74, 6) is 2.16. The maximum absolute atomic E-state index is 8.34. The Bertz CT molecular complexity index is 66.7. The summed E-state index contributed by atoms with van der Waals surface area (Å²) in [5.41, 5.74) is 0. The molecule has 0 amide bonds. The molecule has 0 aliphatic carbocycles. The third-order valence-electron chi connectivity index (χ3n) is 0.917. The van der Waals surface area contributed by atoms with E-state index in [4.69, 9.17) is 11.5 Å². The Hall–Kier alpha value is -0.480. The van der Waals surface area contributed by atoms with Crippen LogP contribution in [-0.2, 0) is 0 Å². The Morgan fingerprint density at radius 1 is 1.86 bits per heavy atom. The number of rotatable bonds is 2. The molecule has 1 atom stereocenters. The second-order valence-corrected chi connectivity index (χ2v) is 1.43. The third-order valence-corrected chi connectivity index (χ3v) is 0.917. The average molecular weight is 97.1 g/mol. The van der Waals surface area contributed by atoms with Gasteiger partial charge in [0.2, 0.25) is 0 Å². The molecule has 0 aliphatic rings. The van der Waals surface area contributed by atoms with Gasteiger partial charge in [-0.3, -0.25) is 0 Å². The Kier molecular flexibility index (Phi) is 3.45. The quantitative estimate of drug-likeness (QED) is 0.500. The van der Waals surface area contributed by atoms with Crippen molar-refractivity contribution in [3.05, 3.63) is 6.42 Å². The molecule has 7 heavy (non-hydrogen) atoms. The van der Waals surface area contributed by atoms with Gasteiger partial charge in [0.15, 0.2) is 0 Å². The molecule has 0 heterocycles. The Morgan fingerprint density at radius 3 is 2.43 bits per heavy atom. The molecule has 1 radical (unpaired) electrons. The van der Waals surface area contributed by atoms with Gasteiger partial charge in [-0.1, -0.05) is 12.8 Å². The van der Waals surface area contributed by atoms with Crippen molar-refractivity contribution >= 4 is 0 Å². The van der Waals surface area contributed by atoms with Crippen molar-refractivity contribution in [3.8, 4) is 5.92 Å². The fraction of sp³-hybridized carbons (Fsp3) is 0.667. The van der Waals surface area contributed by atoms with E-state index in [0.717, 1.165) is 6.42 Å². The fourth-order valence-electron chi connectivity index (χ4n) is 0.277. The SMILES string of the molecule is [C]#CC(CC)CO. The molecule has 0 aromatic carbocycles. The van der Waals surface area contributed by atoms with Crippen LogP contribution in [0.3, 0.4) is 0 Å². The lowest BCUT2D eigenvalue weighted by Gasteiger charge is -1.97. The van der Waals surface area contributed by atoms with Crippen LogP contribution in [0.4, 0.5) is 0 Å². The fourth-order valence-corrected chi connectivity index (χ4v) is 0.277. The first-order valence-corrected chi connectivity index (χ1v) is 2.38. The maximum Gasteiger partial charge on any atom is 0.0569 e. The zero-order valence-electron chi connectivity index (χ0n) is 4.44. The molecule has 0 saturated heterocycles. The van der Waals surface area contributed by atoms with Gasteiger partial charge in [-0.05, 0) is 12.8 Å². The number of aliphatic hydroxyl groups excluding tert-OH is 1. The Morgan fingerprint density at radius 2 is 2.43 bits per heavy atom. The first-order chi connectivity index (χ1) is 3.35. The molecule has 0 fully saturated rings. The summed E-state index contributed by atoms with van der Waals surface area (Å²) in [6.07, 6.45) is 7.36. The Balaban J connectivity index is 3.23. The van der Waals surface area contributed by atoms with E-state index in [9.17, 15) is 0 Å². The van der Waals surface area contributed by atoms with Crippen molar-refractivity contribution < 1.29 is 5.11 Å². The smallest absolute Gasteiger partial charge is 0.0569 e. The van der Waals surface area contributed by atoms with Crippen LogP contribution in [0.15, 0.2) is 0 Å². The summed E-state index contributed by atoms with van der Waals surface area (Å²) in [5, 5.41) is 8.34. The van der Waals surface area contributed by atoms with Crippen molar-refractivity contribution in [2.45, 2.75) is 13.3 Å². The van der Waals surface area contributed by atoms with Crippen LogP contribution in [0.5, 0.6) is 0 Å². The highest BCUT2D eigenvalue weighted by molar-refractivity contribution is 4.84. The minimum absolute atomic E-state index is 0.0417. The van der Waals surface area contributed by atoms with E-state index in [-0.39, 0.29) is 12.5 Å². The molecule has 0 spiro atoms. The summed E-state index contributed by atoms with van der Waals surface area (Å²) >= 11 is 0. The van der Waals surface area contributed by atoms with Gasteiger partial charge in [-0.25, -0.2) is 0 Å². The summed E-state index contributed by atoms with van der Waals surface area (Å²) in [4.78, 5) is 0. The van der Waals surface area contributed by atoms with Crippen LogP contribution in [0, 0.1) is 18.3 Å². The average Bonchev–Trinajstić information content (AvgIpc) is 1.72. The summed E-state index contributed by atoms with van der Waals surface area (Å²) in [6.45, 7) is 1.97. The maximum atomic E-state index is 8.34. The van der Waals surface area contributed by atoms with Crippen molar-refractivity contribution in [3.63, 3.8) is 0 Å². The molecule has 0 aromatic rings. The molecule has 1 heteroatoms. The molecule has 0 aliphatic heterocycles. The molecule has 0 aromatic heterocycles. The van der Waals surface area contributed by atoms with E-state index in [1.54, 1.807) is 0 Å². The number of hydrogen-bond acceptors (Lipinski definition) is 1. The van der Waals surface area contributed by atoms with Crippen LogP contribution >= 0.6 is 0 Å². The van der Waals surface area contributed by atoms with Gasteiger partial charge in [-0.15, -0.1) is 0 Å². The topological polar surface area (TPSA) is 20.2 Å². The van der Waals surface area contributed by atoms with Gasteiger partial charge in [0.1, 0.15) is 0 Å². The van der Waals surface area contributed by atoms with E-state index < -0.39 is 0 Å². The summed E-state index contributed by atoms with van der Waals surface area (Å²) < 4.78 is 0. The number of aliphatic hydroxyl groups is 1. The largest absolute Gasteiger partial charge is 0.395 e. The normalized spacial score (nSPS) is 12.7. The van der Waals surface area contributed by atoms with Crippen molar-refractivity contribution in [1.29, 1.82) is 0 Å². The standard InChI is InChI=1S/C6H9O/c1-3-6(4-2)5-7/h6-7H,3,5H2,1H3. The highest BCUT2D eigenvalue weighted by Crippen LogP contribution is 1.95. The van der Waals surface area contributed by atoms with Gasteiger partial charge in [-0.2, -0.15) is 0 Å². The molecular formula is C6H9O. The van der Waals surface area contributed by atoms with E-state index in [0.29, 0.717) is 0 Å². The number of hydrogen-bond donors (Lipinski definition) is 1. The van der Waals surface area contributed by atoms with E-state index in [1.807, 2.05) is 6.92 Å². The van der Waals surface area contributed by atoms with Gasteiger partial charge < -0.3 is 5.11 Å². The molecule has 0 bridgehead atoms. The van der Waals surface area contributed by atoms with Gasteiger partial charge in [0.25, 0.3) is 0 Å². The predicted molar refractivity (Wildman–Crippen MR) is 28.0 cm³/mol. The highest BCUT2D eigenvalue weighted by atomic mass is 16.3. The molecule has 1 N–H and O–H groups in total. The second-order valence-electron chi connectivity index (χ2n) is 1.43. The third kappa shape index (κ3) is 2.24. The van der Waals surface area contributed by atoms with Crippen molar-refractivity contribution in [2.24, 2.45) is 5.92 Å². The molecule has 0 saturated carbocycles. The lowest BCUT2D eigenvalue weighted by atomic mass is 10.1. The first-order valence-electron chi connectivity index (χ1n) is 2.38. The lowest BCUT2D eigenvalue weighted by Crippen LogP contribution is -1.99. The Labute approximate surface area is 44.4 Å². The predicted octanol–water partition coefficient (Wildman–Crippen LogP) is 0.595. The van der Waals surface area contributed by atoms with Crippen LogP contribution < -0.4 is 0 Å². The zero-order chi connectivity index (χ0) is 5.70. The lowest BCUT2D eigenvalue weighted by molar-refractivity contribution is 0.254. The van der Waals surface area contributed by atoms with Crippen LogP contribution in [0.1, 0.15) is 13.3 Å². The molecular weight excluding hydrogens is 88.1 g/mol. The molecule has 1 nitrogen and oxygen atoms in total. The highest BCUT2D eigenvalue weighted by Gasteiger charge is 1.95. The first kappa shape index (κ1) is 6.52. The van der Waals surface area contributed by atoms with E-state index in [2.05, 4.69) is 5.92 Å². The van der Waals surface area contributed by atoms with Crippen molar-refractivity contribution in [2.75, 3.05) is 6.61 Å². The second kappa shape index (κ2) is 3.70. The summed E-state index contributed by atoms with van der Waals surface area (Å²) in [7, 11) is 0. The minimum atomic E-state index is -0.0417. The van der Waals surface area contributed by atoms with E-state index >= 15 is 0 Å². The monoisotopic (exact) mass is 97.1 g/mol. The van der Waals surface area contributed by atoms with Crippen LogP contribution in [-0.4, -0.2) is 11.7 Å². The molecule has 0 rings (SSSR count). The molecule has 39 valence electrons. The van der Waals surface area contributed by atoms with Crippen LogP contribution in [0.2, 0.25) is 0 Å². The van der Waals surface area contributed by atoms with Crippen molar-refractivity contribution in [1.82, 2.24) is 0 Å². The minimum Gasteiger partial charge on any atom is -0.395 e. The van der Waals surface area contributed by atoms with Gasteiger partial charge >= 0.3 is 0 Å². The summed E-state index contributed by atoms with van der Waals surface area (Å²) in [6, 6.07) is 0. The molecule has 1 unspecified atom stereocenters. The zero-order valence-corrected chi connectivity index (χ0v) is 4.44. The van der Waals surface area contributed by atoms with Gasteiger partial charge in [0.05, 0.1) is 6.61 Å². The van der Waals surface area contributed by atoms with Crippen LogP contribution in [0.25, 0.3) is 0 Å². The van der Waals surface area contributed by atoms with E-state index in [1.165, 1.54) is 0 Å².